The Kier molecular flexibility index (Phi) is 10.2. The van der Waals surface area contributed by atoms with Gasteiger partial charge in [0, 0.05) is 25.7 Å². The molecule has 1 atom stereocenters. The first kappa shape index (κ1) is 31.5. The number of hydrogen-bond donors (Lipinski definition) is 3. The number of aromatic nitrogens is 1. The zero-order chi connectivity index (χ0) is 31.2. The average molecular weight is 606 g/mol. The number of ether oxygens (including phenoxy) is 2. The lowest BCUT2D eigenvalue weighted by Gasteiger charge is -2.26. The summed E-state index contributed by atoms with van der Waals surface area (Å²) in [6, 6.07) is 9.92. The number of carbonyl (C=O) groups is 2. The minimum Gasteiger partial charge on any atom is -0.508 e. The highest BCUT2D eigenvalue weighted by Crippen LogP contribution is 2.43. The van der Waals surface area contributed by atoms with E-state index in [4.69, 9.17) is 14.0 Å². The minimum atomic E-state index is -0.825. The smallest absolute Gasteiger partial charge is 0.328 e. The van der Waals surface area contributed by atoms with Crippen molar-refractivity contribution in [3.05, 3.63) is 53.2 Å². The molecule has 0 bridgehead atoms. The summed E-state index contributed by atoms with van der Waals surface area (Å²) in [4.78, 5) is 28.9. The summed E-state index contributed by atoms with van der Waals surface area (Å²) < 4.78 is 16.3. The Morgan fingerprint density at radius 2 is 1.75 bits per heavy atom. The Labute approximate surface area is 258 Å². The van der Waals surface area contributed by atoms with E-state index >= 15 is 0 Å². The topological polar surface area (TPSA) is 134 Å². The summed E-state index contributed by atoms with van der Waals surface area (Å²) in [7, 11) is 1.32. The molecule has 2 aliphatic rings. The van der Waals surface area contributed by atoms with Crippen LogP contribution in [0.15, 0.2) is 40.9 Å². The first-order valence-electron chi connectivity index (χ1n) is 15.6. The molecule has 10 nitrogen and oxygen atoms in total. The fraction of sp³-hybridized carbons (Fsp3) is 0.500. The standard InChI is InChI=1S/C34H43N3O7/c1-21(2)25-18-26(29(39)19-28(25)38)32-30(24-11-9-23(10-12-24)20-37-13-15-43-16-14-37)31(36-44-32)33(40)35-27(34(41)42-3)17-22-7-5-4-6-8-22/h9-12,18-19,21-22,27,38-39H,4-8,13-17,20H2,1-3H3,(H,35,40)/t27-/m1/s1. The molecule has 1 aromatic heterocycles. The van der Waals surface area contributed by atoms with E-state index < -0.39 is 17.9 Å². The quantitative estimate of drug-likeness (QED) is 0.252. The second-order valence-corrected chi connectivity index (χ2v) is 12.2. The lowest BCUT2D eigenvalue weighted by Crippen LogP contribution is -2.43. The average Bonchev–Trinajstić information content (AvgIpc) is 3.46. The fourth-order valence-corrected chi connectivity index (χ4v) is 6.27. The molecule has 5 rings (SSSR count). The molecule has 2 aromatic carbocycles. The van der Waals surface area contributed by atoms with Gasteiger partial charge in [-0.1, -0.05) is 75.4 Å². The van der Waals surface area contributed by atoms with Crippen molar-refractivity contribution in [2.45, 2.75) is 70.9 Å². The SMILES string of the molecule is COC(=O)[C@@H](CC1CCCCC1)NC(=O)c1noc(-c2cc(C(C)C)c(O)cc2O)c1-c1ccc(CN2CCOCC2)cc1. The van der Waals surface area contributed by atoms with Crippen molar-refractivity contribution < 1.29 is 33.8 Å². The molecule has 2 heterocycles. The Hall–Kier alpha value is -3.89. The van der Waals surface area contributed by atoms with E-state index in [1.54, 1.807) is 6.07 Å². The monoisotopic (exact) mass is 605 g/mol. The van der Waals surface area contributed by atoms with E-state index in [-0.39, 0.29) is 28.9 Å². The van der Waals surface area contributed by atoms with Crippen molar-refractivity contribution >= 4 is 11.9 Å². The van der Waals surface area contributed by atoms with Crippen LogP contribution in [-0.2, 0) is 20.8 Å². The number of rotatable bonds is 10. The summed E-state index contributed by atoms with van der Waals surface area (Å²) in [5.41, 5.74) is 3.07. The molecule has 1 saturated carbocycles. The zero-order valence-electron chi connectivity index (χ0n) is 25.8. The van der Waals surface area contributed by atoms with Gasteiger partial charge in [-0.3, -0.25) is 9.69 Å². The molecule has 0 radical (unpaired) electrons. The third-order valence-corrected chi connectivity index (χ3v) is 8.76. The molecule has 0 unspecified atom stereocenters. The number of carbonyl (C=O) groups excluding carboxylic acids is 2. The molecule has 2 fully saturated rings. The maximum absolute atomic E-state index is 13.8. The van der Waals surface area contributed by atoms with E-state index in [0.717, 1.165) is 50.9 Å². The summed E-state index contributed by atoms with van der Waals surface area (Å²) in [5, 5.41) is 28.4. The number of methoxy groups -OCH3 is 1. The predicted molar refractivity (Wildman–Crippen MR) is 165 cm³/mol. The van der Waals surface area contributed by atoms with Gasteiger partial charge in [0.15, 0.2) is 11.5 Å². The number of benzene rings is 2. The van der Waals surface area contributed by atoms with Crippen LogP contribution in [0.1, 0.15) is 79.9 Å². The van der Waals surface area contributed by atoms with Crippen molar-refractivity contribution in [3.8, 4) is 33.9 Å². The van der Waals surface area contributed by atoms with Crippen LogP contribution in [0.5, 0.6) is 11.5 Å². The highest BCUT2D eigenvalue weighted by Gasteiger charge is 2.32. The number of nitrogens with zero attached hydrogens (tertiary/aromatic N) is 2. The maximum atomic E-state index is 13.8. The Morgan fingerprint density at radius 1 is 1.05 bits per heavy atom. The summed E-state index contributed by atoms with van der Waals surface area (Å²) >= 11 is 0. The highest BCUT2D eigenvalue weighted by molar-refractivity contribution is 6.04. The summed E-state index contributed by atoms with van der Waals surface area (Å²) in [5.74, 6) is -0.828. The Balaban J connectivity index is 1.51. The van der Waals surface area contributed by atoms with Crippen molar-refractivity contribution in [1.29, 1.82) is 0 Å². The van der Waals surface area contributed by atoms with Crippen LogP contribution < -0.4 is 5.32 Å². The van der Waals surface area contributed by atoms with Gasteiger partial charge in [-0.2, -0.15) is 0 Å². The minimum absolute atomic E-state index is 0.00273. The van der Waals surface area contributed by atoms with Crippen LogP contribution in [0.25, 0.3) is 22.5 Å². The van der Waals surface area contributed by atoms with Crippen molar-refractivity contribution in [2.24, 2.45) is 5.92 Å². The molecule has 1 saturated heterocycles. The van der Waals surface area contributed by atoms with E-state index in [9.17, 15) is 19.8 Å². The molecule has 3 aromatic rings. The van der Waals surface area contributed by atoms with E-state index in [1.807, 2.05) is 38.1 Å². The third-order valence-electron chi connectivity index (χ3n) is 8.76. The normalized spacial score (nSPS) is 17.0. The lowest BCUT2D eigenvalue weighted by atomic mass is 9.84. The number of phenols is 2. The number of morpholine rings is 1. The highest BCUT2D eigenvalue weighted by atomic mass is 16.5. The third kappa shape index (κ3) is 7.25. The number of nitrogens with one attached hydrogen (secondary N) is 1. The Morgan fingerprint density at radius 3 is 2.41 bits per heavy atom. The van der Waals surface area contributed by atoms with Crippen LogP contribution in [0.4, 0.5) is 0 Å². The van der Waals surface area contributed by atoms with Gasteiger partial charge in [-0.15, -0.1) is 0 Å². The van der Waals surface area contributed by atoms with Crippen molar-refractivity contribution in [3.63, 3.8) is 0 Å². The van der Waals surface area contributed by atoms with Gasteiger partial charge in [-0.25, -0.2) is 4.79 Å². The second kappa shape index (κ2) is 14.3. The van der Waals surface area contributed by atoms with Crippen LogP contribution in [0.2, 0.25) is 0 Å². The van der Waals surface area contributed by atoms with Crippen LogP contribution >= 0.6 is 0 Å². The molecule has 0 spiro atoms. The molecule has 1 aliphatic carbocycles. The number of phenolic OH excluding ortho intramolecular Hbond substituents is 2. The molecule has 1 amide bonds. The van der Waals surface area contributed by atoms with E-state index in [2.05, 4.69) is 15.4 Å². The molecule has 1 aliphatic heterocycles. The van der Waals surface area contributed by atoms with Crippen LogP contribution in [0.3, 0.4) is 0 Å². The number of hydrogen-bond acceptors (Lipinski definition) is 9. The van der Waals surface area contributed by atoms with Gasteiger partial charge in [-0.05, 0) is 41.0 Å². The van der Waals surface area contributed by atoms with Crippen LogP contribution in [0, 0.1) is 5.92 Å². The predicted octanol–water partition coefficient (Wildman–Crippen LogP) is 5.62. The fourth-order valence-electron chi connectivity index (χ4n) is 6.27. The lowest BCUT2D eigenvalue weighted by molar-refractivity contribution is -0.143. The number of esters is 1. The molecule has 3 N–H and O–H groups in total. The van der Waals surface area contributed by atoms with Gasteiger partial charge >= 0.3 is 5.97 Å². The molecule has 236 valence electrons. The van der Waals surface area contributed by atoms with Gasteiger partial charge in [0.05, 0.1) is 31.5 Å². The van der Waals surface area contributed by atoms with Crippen molar-refractivity contribution in [2.75, 3.05) is 33.4 Å². The first-order valence-corrected chi connectivity index (χ1v) is 15.6. The Bertz CT molecular complexity index is 1440. The molecular weight excluding hydrogens is 562 g/mol. The first-order chi connectivity index (χ1) is 21.2. The number of amides is 1. The zero-order valence-corrected chi connectivity index (χ0v) is 25.8. The molecular formula is C34H43N3O7. The summed E-state index contributed by atoms with van der Waals surface area (Å²) in [6.45, 7) is 7.78. The number of aromatic hydroxyl groups is 2. The molecule has 10 heteroatoms. The molecule has 44 heavy (non-hydrogen) atoms. The van der Waals surface area contributed by atoms with E-state index in [0.29, 0.717) is 47.8 Å². The van der Waals surface area contributed by atoms with Crippen LogP contribution in [-0.4, -0.2) is 71.6 Å². The van der Waals surface area contributed by atoms with Gasteiger partial charge in [0.1, 0.15) is 17.5 Å². The van der Waals surface area contributed by atoms with Crippen molar-refractivity contribution in [1.82, 2.24) is 15.4 Å². The van der Waals surface area contributed by atoms with Gasteiger partial charge < -0.3 is 29.5 Å². The second-order valence-electron chi connectivity index (χ2n) is 12.2. The van der Waals surface area contributed by atoms with Gasteiger partial charge in [0.2, 0.25) is 0 Å². The van der Waals surface area contributed by atoms with E-state index in [1.165, 1.54) is 19.6 Å². The summed E-state index contributed by atoms with van der Waals surface area (Å²) in [6.07, 6.45) is 5.92. The largest absolute Gasteiger partial charge is 0.508 e. The maximum Gasteiger partial charge on any atom is 0.328 e. The van der Waals surface area contributed by atoms with Gasteiger partial charge in [0.25, 0.3) is 5.91 Å².